The molecule has 0 heterocycles. The monoisotopic (exact) mass is 114 g/mol. The van der Waals surface area contributed by atoms with Gasteiger partial charge in [0.25, 0.3) is 0 Å². The van der Waals surface area contributed by atoms with Crippen LogP contribution in [0, 0.1) is 0 Å². The Morgan fingerprint density at radius 1 is 0.667 bits per heavy atom. The van der Waals surface area contributed by atoms with Gasteiger partial charge in [-0.2, -0.15) is 0 Å². The molecule has 3 nitrogen and oxygen atoms in total. The van der Waals surface area contributed by atoms with E-state index in [4.69, 9.17) is 0 Å². The fraction of sp³-hybridized carbons (Fsp3) is 0. The van der Waals surface area contributed by atoms with Gasteiger partial charge in [0.1, 0.15) is 0 Å². The van der Waals surface area contributed by atoms with Gasteiger partial charge < -0.3 is 16.4 Å². The van der Waals surface area contributed by atoms with E-state index in [1.165, 1.54) is 0 Å². The van der Waals surface area contributed by atoms with Crippen LogP contribution in [-0.4, -0.2) is 16.4 Å². The molecule has 0 aliphatic carbocycles. The van der Waals surface area contributed by atoms with Gasteiger partial charge in [-0.15, -0.1) is 0 Å². The summed E-state index contributed by atoms with van der Waals surface area (Å²) in [6.45, 7) is 0. The van der Waals surface area contributed by atoms with Gasteiger partial charge in [0.15, 0.2) is 0 Å². The van der Waals surface area contributed by atoms with E-state index < -0.39 is 0 Å². The van der Waals surface area contributed by atoms with Crippen molar-refractivity contribution in [3.05, 3.63) is 0 Å². The van der Waals surface area contributed by atoms with Gasteiger partial charge in [-0.1, -0.05) is 0 Å². The second-order valence-corrected chi connectivity index (χ2v) is 0. The molecule has 0 bridgehead atoms. The molecule has 4 N–H and O–H groups in total. The molecule has 6 heteroatoms. The molecule has 0 aromatic heterocycles. The molecule has 6 heavy (non-hydrogen) atoms. The quantitative estimate of drug-likeness (QED) is 0.292. The van der Waals surface area contributed by atoms with Crippen molar-refractivity contribution in [1.82, 2.24) is 0 Å². The van der Waals surface area contributed by atoms with Crippen LogP contribution in [0.5, 0.6) is 0 Å². The van der Waals surface area contributed by atoms with E-state index >= 15 is 0 Å². The molecule has 0 aromatic carbocycles. The standard InChI is InChI=1S/2Li.3H2O.Ti/h;;3*1H2;/q2*+1;;;;/p-2. The van der Waals surface area contributed by atoms with E-state index in [1.54, 1.807) is 0 Å². The largest absolute Gasteiger partial charge is 1.00 e. The Bertz CT molecular complexity index is 8.75. The first-order valence-corrected chi connectivity index (χ1v) is 0. The van der Waals surface area contributed by atoms with Crippen LogP contribution >= 0.6 is 0 Å². The zero-order chi connectivity index (χ0) is 0. The van der Waals surface area contributed by atoms with Crippen LogP contribution in [0.3, 0.4) is 0 Å². The first kappa shape index (κ1) is 112. The number of rotatable bonds is 0. The maximum absolute atomic E-state index is 0. The fourth-order valence-corrected chi connectivity index (χ4v) is 0. The predicted molar refractivity (Wildman–Crippen MR) is 7.49 cm³/mol. The Morgan fingerprint density at radius 2 is 0.667 bits per heavy atom. The second-order valence-electron chi connectivity index (χ2n) is 0. The molecule has 0 aromatic rings. The molecule has 0 aliphatic rings. The molecule has 0 rings (SSSR count). The van der Waals surface area contributed by atoms with Crippen molar-refractivity contribution in [2.24, 2.45) is 0 Å². The Hall–Kier alpha value is 1.79. The molecule has 0 spiro atoms. The molecule has 0 aliphatic heterocycles. The minimum Gasteiger partial charge on any atom is -0.870 e. The summed E-state index contributed by atoms with van der Waals surface area (Å²) in [6, 6.07) is 0. The first-order chi connectivity index (χ1) is 0. The van der Waals surface area contributed by atoms with Crippen molar-refractivity contribution in [3.8, 4) is 0 Å². The summed E-state index contributed by atoms with van der Waals surface area (Å²) in [5, 5.41) is 0. The fourth-order valence-electron chi connectivity index (χ4n) is 0. The van der Waals surface area contributed by atoms with Crippen molar-refractivity contribution in [2.45, 2.75) is 0 Å². The Morgan fingerprint density at radius 3 is 0.667 bits per heavy atom. The van der Waals surface area contributed by atoms with Crippen molar-refractivity contribution in [1.29, 1.82) is 0 Å². The minimum atomic E-state index is 0. The van der Waals surface area contributed by atoms with E-state index in [9.17, 15) is 0 Å². The van der Waals surface area contributed by atoms with Crippen LogP contribution in [0.15, 0.2) is 0 Å². The summed E-state index contributed by atoms with van der Waals surface area (Å²) in [6.07, 6.45) is 0. The zero-order valence-electron chi connectivity index (χ0n) is 3.89. The van der Waals surface area contributed by atoms with Crippen LogP contribution in [0.25, 0.3) is 0 Å². The predicted octanol–water partition coefficient (Wildman–Crippen LogP) is -7.17. The summed E-state index contributed by atoms with van der Waals surface area (Å²) < 4.78 is 0. The smallest absolute Gasteiger partial charge is 0.870 e. The SMILES string of the molecule is O.[Li+].[Li+].[OH-].[OH-].[Ti]. The van der Waals surface area contributed by atoms with Gasteiger partial charge in [-0.3, -0.25) is 0 Å². The van der Waals surface area contributed by atoms with Crippen LogP contribution < -0.4 is 37.7 Å². The van der Waals surface area contributed by atoms with Gasteiger partial charge in [0.05, 0.1) is 0 Å². The van der Waals surface area contributed by atoms with E-state index in [0.717, 1.165) is 0 Å². The molecule has 0 saturated heterocycles. The average molecular weight is 114 g/mol. The molecule has 0 fully saturated rings. The Kier molecular flexibility index (Phi) is 1330. The van der Waals surface area contributed by atoms with Crippen LogP contribution in [-0.2, 0) is 21.7 Å². The van der Waals surface area contributed by atoms with E-state index in [2.05, 4.69) is 0 Å². The zero-order valence-corrected chi connectivity index (χ0v) is 5.46. The van der Waals surface area contributed by atoms with Gasteiger partial charge in [-0.25, -0.2) is 0 Å². The second kappa shape index (κ2) is 71.1. The molecule has 0 saturated carbocycles. The van der Waals surface area contributed by atoms with Gasteiger partial charge in [0.2, 0.25) is 0 Å². The van der Waals surface area contributed by atoms with Crippen LogP contribution in [0.2, 0.25) is 0 Å². The molecular formula is H4Li2O3Ti. The molecule has 0 unspecified atom stereocenters. The van der Waals surface area contributed by atoms with Crippen LogP contribution in [0.1, 0.15) is 0 Å². The van der Waals surface area contributed by atoms with Crippen molar-refractivity contribution >= 4 is 0 Å². The molecule has 0 radical (unpaired) electrons. The molecule has 28 valence electrons. The summed E-state index contributed by atoms with van der Waals surface area (Å²) >= 11 is 0. The summed E-state index contributed by atoms with van der Waals surface area (Å²) in [5.74, 6) is 0. The van der Waals surface area contributed by atoms with Crippen molar-refractivity contribution in [2.75, 3.05) is 0 Å². The molecule has 0 atom stereocenters. The Labute approximate surface area is 75.4 Å². The van der Waals surface area contributed by atoms with E-state index in [-0.39, 0.29) is 75.9 Å². The maximum Gasteiger partial charge on any atom is 1.00 e. The molecular weight excluding hydrogens is 110 g/mol. The van der Waals surface area contributed by atoms with E-state index in [0.29, 0.717) is 0 Å². The number of hydrogen-bond donors (Lipinski definition) is 0. The summed E-state index contributed by atoms with van der Waals surface area (Å²) in [7, 11) is 0. The minimum absolute atomic E-state index is 0. The maximum atomic E-state index is 0. The summed E-state index contributed by atoms with van der Waals surface area (Å²) in [4.78, 5) is 0. The van der Waals surface area contributed by atoms with Gasteiger partial charge >= 0.3 is 37.7 Å². The number of hydrogen-bond acceptors (Lipinski definition) is 2. The summed E-state index contributed by atoms with van der Waals surface area (Å²) in [5.41, 5.74) is 0. The van der Waals surface area contributed by atoms with Crippen LogP contribution in [0.4, 0.5) is 0 Å². The third kappa shape index (κ3) is 41.5. The third-order valence-electron chi connectivity index (χ3n) is 0. The first-order valence-electron chi connectivity index (χ1n) is 0. The molecule has 0 amide bonds. The normalized spacial score (nSPS) is 0. The third-order valence-corrected chi connectivity index (χ3v) is 0. The Balaban J connectivity index is 0. The van der Waals surface area contributed by atoms with Crippen molar-refractivity contribution in [3.63, 3.8) is 0 Å². The van der Waals surface area contributed by atoms with E-state index in [1.807, 2.05) is 0 Å². The topological polar surface area (TPSA) is 91.5 Å². The van der Waals surface area contributed by atoms with Crippen molar-refractivity contribution < 1.29 is 75.9 Å². The average Bonchev–Trinajstić information content (AvgIpc) is 0. The van der Waals surface area contributed by atoms with Gasteiger partial charge in [0, 0.05) is 21.7 Å². The van der Waals surface area contributed by atoms with Gasteiger partial charge in [-0.05, 0) is 0 Å².